The average Bonchev–Trinajstić information content (AvgIpc) is 2.33. The molecule has 0 aromatic carbocycles. The fourth-order valence-corrected chi connectivity index (χ4v) is 0.892. The van der Waals surface area contributed by atoms with Crippen LogP contribution in [0, 0.1) is 0 Å². The van der Waals surface area contributed by atoms with Crippen molar-refractivity contribution in [2.75, 3.05) is 6.61 Å². The fourth-order valence-electron chi connectivity index (χ4n) is 0.892. The average molecular weight is 159 g/mol. The van der Waals surface area contributed by atoms with Crippen LogP contribution in [0.4, 0.5) is 0 Å². The molecule has 4 heteroatoms. The van der Waals surface area contributed by atoms with Gasteiger partial charge in [-0.25, -0.2) is 0 Å². The van der Waals surface area contributed by atoms with Gasteiger partial charge in [-0.2, -0.15) is 0 Å². The third-order valence-corrected chi connectivity index (χ3v) is 1.30. The molecule has 2 aliphatic heterocycles. The second kappa shape index (κ2) is 2.84. The van der Waals surface area contributed by atoms with Crippen LogP contribution in [0.2, 0.25) is 0 Å². The zero-order valence-electron chi connectivity index (χ0n) is 5.33. The van der Waals surface area contributed by atoms with Gasteiger partial charge in [0.1, 0.15) is 12.8 Å². The molecule has 0 aliphatic carbocycles. The first-order valence-corrected chi connectivity index (χ1v) is 2.96. The first-order valence-electron chi connectivity index (χ1n) is 2.96. The third kappa shape index (κ3) is 1.04. The molecular weight excluding hydrogens is 152 g/mol. The summed E-state index contributed by atoms with van der Waals surface area (Å²) in [6.45, 7) is 0.783. The SMILES string of the molecule is C1=N[N+]2=CCCOC2=C1.[Cl-]. The summed E-state index contributed by atoms with van der Waals surface area (Å²) in [5.74, 6) is 0.848. The van der Waals surface area contributed by atoms with Crippen LogP contribution in [0.25, 0.3) is 0 Å². The molecule has 0 aromatic rings. The molecule has 2 heterocycles. The van der Waals surface area contributed by atoms with Gasteiger partial charge in [0, 0.05) is 5.10 Å². The Labute approximate surface area is 65.1 Å². The number of halogens is 1. The van der Waals surface area contributed by atoms with E-state index < -0.39 is 0 Å². The van der Waals surface area contributed by atoms with Gasteiger partial charge in [-0.3, -0.25) is 0 Å². The monoisotopic (exact) mass is 158 g/mol. The van der Waals surface area contributed by atoms with Gasteiger partial charge in [0.15, 0.2) is 6.21 Å². The molecule has 0 aromatic heterocycles. The highest BCUT2D eigenvalue weighted by atomic mass is 35.5. The molecule has 0 unspecified atom stereocenters. The summed E-state index contributed by atoms with van der Waals surface area (Å²) in [7, 11) is 0. The maximum Gasteiger partial charge on any atom is 0.400 e. The van der Waals surface area contributed by atoms with E-state index in [-0.39, 0.29) is 12.4 Å². The van der Waals surface area contributed by atoms with Crippen molar-refractivity contribution in [2.45, 2.75) is 6.42 Å². The Balaban J connectivity index is 0.000000500. The Morgan fingerprint density at radius 2 is 2.50 bits per heavy atom. The number of hydrogen-bond donors (Lipinski definition) is 0. The number of fused-ring (bicyclic) bond motifs is 1. The molecule has 54 valence electrons. The molecule has 0 radical (unpaired) electrons. The highest BCUT2D eigenvalue weighted by molar-refractivity contribution is 5.72. The molecule has 2 rings (SSSR count). The number of allylic oxidation sites excluding steroid dienone is 1. The van der Waals surface area contributed by atoms with Crippen LogP contribution in [-0.4, -0.2) is 23.7 Å². The topological polar surface area (TPSA) is 24.6 Å². The summed E-state index contributed by atoms with van der Waals surface area (Å²) in [4.78, 5) is 0. The molecule has 0 N–H and O–H groups in total. The Morgan fingerprint density at radius 1 is 1.60 bits per heavy atom. The van der Waals surface area contributed by atoms with Gasteiger partial charge in [-0.05, 0) is 4.68 Å². The lowest BCUT2D eigenvalue weighted by molar-refractivity contribution is -0.513. The van der Waals surface area contributed by atoms with Crippen molar-refractivity contribution in [1.29, 1.82) is 0 Å². The van der Waals surface area contributed by atoms with E-state index in [0.29, 0.717) is 0 Å². The number of hydrogen-bond acceptors (Lipinski definition) is 2. The summed E-state index contributed by atoms with van der Waals surface area (Å²) < 4.78 is 6.99. The van der Waals surface area contributed by atoms with Crippen LogP contribution in [0.5, 0.6) is 0 Å². The smallest absolute Gasteiger partial charge is 0.400 e. The van der Waals surface area contributed by atoms with E-state index in [1.54, 1.807) is 10.9 Å². The summed E-state index contributed by atoms with van der Waals surface area (Å²) >= 11 is 0. The van der Waals surface area contributed by atoms with Crippen molar-refractivity contribution in [2.24, 2.45) is 5.10 Å². The molecule has 0 atom stereocenters. The molecule has 0 amide bonds. The minimum atomic E-state index is 0. The van der Waals surface area contributed by atoms with Crippen molar-refractivity contribution in [3.63, 3.8) is 0 Å². The van der Waals surface area contributed by atoms with Gasteiger partial charge in [0.25, 0.3) is 0 Å². The van der Waals surface area contributed by atoms with Gasteiger partial charge >= 0.3 is 5.88 Å². The molecule has 0 fully saturated rings. The van der Waals surface area contributed by atoms with Crippen LogP contribution in [-0.2, 0) is 4.74 Å². The molecular formula is C6H7ClN2O. The number of ether oxygens (including phenoxy) is 1. The van der Waals surface area contributed by atoms with Crippen molar-refractivity contribution in [3.8, 4) is 0 Å². The molecule has 3 nitrogen and oxygen atoms in total. The maximum absolute atomic E-state index is 5.23. The fraction of sp³-hybridized carbons (Fsp3) is 0.333. The Bertz CT molecular complexity index is 220. The first-order chi connectivity index (χ1) is 4.47. The molecule has 0 saturated heterocycles. The second-order valence-corrected chi connectivity index (χ2v) is 1.93. The number of hydrazone groups is 1. The summed E-state index contributed by atoms with van der Waals surface area (Å²) in [5, 5.41) is 3.99. The van der Waals surface area contributed by atoms with Gasteiger partial charge in [0.2, 0.25) is 0 Å². The predicted molar refractivity (Wildman–Crippen MR) is 33.5 cm³/mol. The minimum Gasteiger partial charge on any atom is -1.00 e. The largest absolute Gasteiger partial charge is 1.00 e. The molecule has 0 saturated carbocycles. The van der Waals surface area contributed by atoms with Crippen LogP contribution in [0.1, 0.15) is 6.42 Å². The second-order valence-electron chi connectivity index (χ2n) is 1.93. The van der Waals surface area contributed by atoms with E-state index in [4.69, 9.17) is 4.74 Å². The van der Waals surface area contributed by atoms with Gasteiger partial charge in [-0.15, -0.1) is 0 Å². The molecule has 2 aliphatic rings. The van der Waals surface area contributed by atoms with Crippen LogP contribution in [0.3, 0.4) is 0 Å². The predicted octanol–water partition coefficient (Wildman–Crippen LogP) is -2.67. The highest BCUT2D eigenvalue weighted by Gasteiger charge is 2.21. The van der Waals surface area contributed by atoms with Crippen LogP contribution >= 0.6 is 0 Å². The summed E-state index contributed by atoms with van der Waals surface area (Å²) in [6, 6.07) is 0. The molecule has 0 spiro atoms. The van der Waals surface area contributed by atoms with Crippen LogP contribution in [0.15, 0.2) is 17.1 Å². The van der Waals surface area contributed by atoms with E-state index in [1.165, 1.54) is 0 Å². The third-order valence-electron chi connectivity index (χ3n) is 1.30. The van der Waals surface area contributed by atoms with E-state index in [1.807, 2.05) is 12.3 Å². The highest BCUT2D eigenvalue weighted by Crippen LogP contribution is 2.08. The van der Waals surface area contributed by atoms with E-state index >= 15 is 0 Å². The van der Waals surface area contributed by atoms with Gasteiger partial charge in [-0.1, -0.05) is 0 Å². The zero-order valence-corrected chi connectivity index (χ0v) is 6.08. The lowest BCUT2D eigenvalue weighted by atomic mass is 10.4. The summed E-state index contributed by atoms with van der Waals surface area (Å²) in [5.41, 5.74) is 0. The quantitative estimate of drug-likeness (QED) is 0.353. The van der Waals surface area contributed by atoms with Crippen molar-refractivity contribution in [3.05, 3.63) is 12.0 Å². The minimum absolute atomic E-state index is 0. The first kappa shape index (κ1) is 7.28. The van der Waals surface area contributed by atoms with E-state index in [2.05, 4.69) is 5.10 Å². The van der Waals surface area contributed by atoms with Crippen molar-refractivity contribution >= 4 is 12.4 Å². The lowest BCUT2D eigenvalue weighted by Gasteiger charge is -2.02. The van der Waals surface area contributed by atoms with E-state index in [9.17, 15) is 0 Å². The van der Waals surface area contributed by atoms with E-state index in [0.717, 1.165) is 18.9 Å². The van der Waals surface area contributed by atoms with Crippen molar-refractivity contribution < 1.29 is 21.8 Å². The number of nitrogens with zero attached hydrogens (tertiary/aromatic N) is 2. The number of rotatable bonds is 0. The zero-order chi connectivity index (χ0) is 6.10. The Morgan fingerprint density at radius 3 is 3.30 bits per heavy atom. The molecule has 10 heavy (non-hydrogen) atoms. The van der Waals surface area contributed by atoms with Crippen molar-refractivity contribution in [1.82, 2.24) is 0 Å². The normalized spacial score (nSPS) is 20.0. The molecule has 0 bridgehead atoms. The maximum atomic E-state index is 5.23. The lowest BCUT2D eigenvalue weighted by Crippen LogP contribution is -3.00. The van der Waals surface area contributed by atoms with Gasteiger partial charge < -0.3 is 17.1 Å². The van der Waals surface area contributed by atoms with Gasteiger partial charge in [0.05, 0.1) is 12.5 Å². The standard InChI is InChI=1S/C6H7N2O.ClH/c1-4-8-6(9-5-1)2-3-7-8;/h2-4H,1,5H2;1H/q+1;/p-1. The Hall–Kier alpha value is -0.830. The van der Waals surface area contributed by atoms with Crippen LogP contribution < -0.4 is 12.4 Å². The Kier molecular flexibility index (Phi) is 2.06. The summed E-state index contributed by atoms with van der Waals surface area (Å²) in [6.07, 6.45) is 6.56.